The number of hydrogen-bond acceptors (Lipinski definition) is 4. The number of carbonyl (C=O) groups is 2. The van der Waals surface area contributed by atoms with Gasteiger partial charge in [-0.3, -0.25) is 9.59 Å². The molecule has 1 aromatic heterocycles. The lowest BCUT2D eigenvalue weighted by Gasteiger charge is -2.05. The fourth-order valence-electron chi connectivity index (χ4n) is 1.34. The minimum atomic E-state index is -0.0767. The molecule has 0 atom stereocenters. The predicted molar refractivity (Wildman–Crippen MR) is 67.1 cm³/mol. The third kappa shape index (κ3) is 4.52. The molecule has 0 bridgehead atoms. The van der Waals surface area contributed by atoms with Gasteiger partial charge in [0.05, 0.1) is 11.2 Å². The molecule has 0 aliphatic rings. The van der Waals surface area contributed by atoms with Crippen molar-refractivity contribution in [1.29, 1.82) is 0 Å². The number of nitrogens with one attached hydrogen (secondary N) is 2. The molecule has 0 spiro atoms. The van der Waals surface area contributed by atoms with E-state index in [1.165, 1.54) is 18.3 Å². The van der Waals surface area contributed by atoms with Crippen LogP contribution in [-0.2, 0) is 11.2 Å². The van der Waals surface area contributed by atoms with Crippen LogP contribution in [-0.4, -0.2) is 29.9 Å². The molecule has 17 heavy (non-hydrogen) atoms. The molecule has 0 aromatic carbocycles. The highest BCUT2D eigenvalue weighted by Gasteiger charge is 2.12. The van der Waals surface area contributed by atoms with Gasteiger partial charge in [0, 0.05) is 20.0 Å². The van der Waals surface area contributed by atoms with E-state index in [0.717, 1.165) is 18.5 Å². The van der Waals surface area contributed by atoms with Crippen LogP contribution in [0.3, 0.4) is 0 Å². The number of carbonyl (C=O) groups excluding carboxylic acids is 2. The molecule has 0 radical (unpaired) electrons. The quantitative estimate of drug-likeness (QED) is 0.744. The van der Waals surface area contributed by atoms with Crippen LogP contribution in [0.15, 0.2) is 5.51 Å². The van der Waals surface area contributed by atoms with Crippen LogP contribution in [0.25, 0.3) is 0 Å². The molecule has 2 amide bonds. The highest BCUT2D eigenvalue weighted by Crippen LogP contribution is 2.13. The van der Waals surface area contributed by atoms with Crippen molar-refractivity contribution in [3.63, 3.8) is 0 Å². The number of nitrogens with zero attached hydrogens (tertiary/aromatic N) is 1. The van der Waals surface area contributed by atoms with E-state index in [0.29, 0.717) is 18.0 Å². The summed E-state index contributed by atoms with van der Waals surface area (Å²) in [5.41, 5.74) is 2.53. The van der Waals surface area contributed by atoms with Crippen molar-refractivity contribution in [3.8, 4) is 0 Å². The maximum Gasteiger partial charge on any atom is 0.263 e. The molecule has 0 saturated heterocycles. The number of hydrogen-bond donors (Lipinski definition) is 2. The monoisotopic (exact) mass is 255 g/mol. The van der Waals surface area contributed by atoms with Crippen LogP contribution in [0.1, 0.15) is 35.6 Å². The Hall–Kier alpha value is -1.43. The van der Waals surface area contributed by atoms with Gasteiger partial charge in [-0.15, -0.1) is 11.3 Å². The zero-order chi connectivity index (χ0) is 12.7. The first kappa shape index (κ1) is 13.6. The first-order valence-electron chi connectivity index (χ1n) is 5.60. The van der Waals surface area contributed by atoms with Crippen LogP contribution in [0.5, 0.6) is 0 Å². The van der Waals surface area contributed by atoms with Crippen molar-refractivity contribution >= 4 is 23.2 Å². The van der Waals surface area contributed by atoms with Crippen LogP contribution >= 0.6 is 11.3 Å². The number of thiazole rings is 1. The molecule has 1 heterocycles. The van der Waals surface area contributed by atoms with Crippen molar-refractivity contribution in [3.05, 3.63) is 16.1 Å². The lowest BCUT2D eigenvalue weighted by atomic mass is 10.3. The number of amides is 2. The lowest BCUT2D eigenvalue weighted by Crippen LogP contribution is -2.28. The van der Waals surface area contributed by atoms with Crippen molar-refractivity contribution in [2.45, 2.75) is 26.7 Å². The van der Waals surface area contributed by atoms with Gasteiger partial charge in [0.1, 0.15) is 4.88 Å². The summed E-state index contributed by atoms with van der Waals surface area (Å²) >= 11 is 1.36. The summed E-state index contributed by atoms with van der Waals surface area (Å²) in [7, 11) is 0. The maximum atomic E-state index is 11.8. The Kier molecular flexibility index (Phi) is 5.62. The Balaban J connectivity index is 2.28. The minimum Gasteiger partial charge on any atom is -0.356 e. The van der Waals surface area contributed by atoms with Gasteiger partial charge in [0.25, 0.3) is 5.91 Å². The molecule has 2 N–H and O–H groups in total. The third-order valence-corrected chi connectivity index (χ3v) is 3.06. The summed E-state index contributed by atoms with van der Waals surface area (Å²) in [5.74, 6) is -0.126. The SMILES string of the molecule is CCc1ncsc1C(=O)NCCCNC(C)=O. The van der Waals surface area contributed by atoms with E-state index >= 15 is 0 Å². The molecule has 0 unspecified atom stereocenters. The molecule has 0 aliphatic heterocycles. The highest BCUT2D eigenvalue weighted by atomic mass is 32.1. The van der Waals surface area contributed by atoms with Gasteiger partial charge in [0.15, 0.2) is 0 Å². The number of aromatic nitrogens is 1. The molecule has 94 valence electrons. The summed E-state index contributed by atoms with van der Waals surface area (Å²) in [6, 6.07) is 0. The summed E-state index contributed by atoms with van der Waals surface area (Å²) in [4.78, 5) is 27.2. The molecule has 0 fully saturated rings. The highest BCUT2D eigenvalue weighted by molar-refractivity contribution is 7.11. The summed E-state index contributed by atoms with van der Waals surface area (Å²) < 4.78 is 0. The van der Waals surface area contributed by atoms with E-state index in [2.05, 4.69) is 15.6 Å². The van der Waals surface area contributed by atoms with Gasteiger partial charge in [-0.2, -0.15) is 0 Å². The topological polar surface area (TPSA) is 71.1 Å². The number of aryl methyl sites for hydroxylation is 1. The normalized spacial score (nSPS) is 10.0. The van der Waals surface area contributed by atoms with Crippen LogP contribution in [0.4, 0.5) is 0 Å². The standard InChI is InChI=1S/C11H17N3O2S/c1-3-9-10(17-7-14-9)11(16)13-6-4-5-12-8(2)15/h7H,3-6H2,1-2H3,(H,12,15)(H,13,16). The second kappa shape index (κ2) is 7.01. The zero-order valence-corrected chi connectivity index (χ0v) is 10.9. The van der Waals surface area contributed by atoms with Gasteiger partial charge in [-0.25, -0.2) is 4.98 Å². The van der Waals surface area contributed by atoms with Crippen LogP contribution in [0.2, 0.25) is 0 Å². The van der Waals surface area contributed by atoms with E-state index in [1.807, 2.05) is 6.92 Å². The lowest BCUT2D eigenvalue weighted by molar-refractivity contribution is -0.118. The summed E-state index contributed by atoms with van der Waals surface area (Å²) in [6.07, 6.45) is 1.49. The molecule has 1 aromatic rings. The molecular weight excluding hydrogens is 238 g/mol. The maximum absolute atomic E-state index is 11.8. The first-order valence-corrected chi connectivity index (χ1v) is 6.48. The van der Waals surface area contributed by atoms with E-state index in [-0.39, 0.29) is 11.8 Å². The Labute approximate surface area is 105 Å². The largest absolute Gasteiger partial charge is 0.356 e. The number of rotatable bonds is 6. The predicted octanol–water partition coefficient (Wildman–Crippen LogP) is 0.961. The molecule has 0 saturated carbocycles. The Morgan fingerprint density at radius 2 is 2.06 bits per heavy atom. The second-order valence-electron chi connectivity index (χ2n) is 3.57. The van der Waals surface area contributed by atoms with Gasteiger partial charge in [-0.05, 0) is 12.8 Å². The van der Waals surface area contributed by atoms with Crippen molar-refractivity contribution < 1.29 is 9.59 Å². The molecule has 5 nitrogen and oxygen atoms in total. The second-order valence-corrected chi connectivity index (χ2v) is 4.43. The van der Waals surface area contributed by atoms with E-state index in [1.54, 1.807) is 5.51 Å². The molecule has 1 rings (SSSR count). The summed E-state index contributed by atoms with van der Waals surface area (Å²) in [5, 5.41) is 5.49. The van der Waals surface area contributed by atoms with Gasteiger partial charge in [-0.1, -0.05) is 6.92 Å². The first-order chi connectivity index (χ1) is 8.15. The zero-order valence-electron chi connectivity index (χ0n) is 10.1. The van der Waals surface area contributed by atoms with Crippen molar-refractivity contribution in [1.82, 2.24) is 15.6 Å². The Morgan fingerprint density at radius 1 is 1.35 bits per heavy atom. The average molecular weight is 255 g/mol. The van der Waals surface area contributed by atoms with Crippen molar-refractivity contribution in [2.75, 3.05) is 13.1 Å². The van der Waals surface area contributed by atoms with Gasteiger partial charge >= 0.3 is 0 Å². The van der Waals surface area contributed by atoms with E-state index < -0.39 is 0 Å². The smallest absolute Gasteiger partial charge is 0.263 e. The fraction of sp³-hybridized carbons (Fsp3) is 0.545. The molecule has 6 heteroatoms. The van der Waals surface area contributed by atoms with Gasteiger partial charge in [0.2, 0.25) is 5.91 Å². The molecule has 0 aliphatic carbocycles. The summed E-state index contributed by atoms with van der Waals surface area (Å²) in [6.45, 7) is 4.59. The van der Waals surface area contributed by atoms with Gasteiger partial charge < -0.3 is 10.6 Å². The van der Waals surface area contributed by atoms with Crippen LogP contribution < -0.4 is 10.6 Å². The minimum absolute atomic E-state index is 0.0490. The van der Waals surface area contributed by atoms with E-state index in [4.69, 9.17) is 0 Å². The van der Waals surface area contributed by atoms with E-state index in [9.17, 15) is 9.59 Å². The molecular formula is C11H17N3O2S. The fourth-order valence-corrected chi connectivity index (χ4v) is 2.14. The third-order valence-electron chi connectivity index (χ3n) is 2.20. The van der Waals surface area contributed by atoms with Crippen molar-refractivity contribution in [2.24, 2.45) is 0 Å². The van der Waals surface area contributed by atoms with Crippen LogP contribution in [0, 0.1) is 0 Å². The average Bonchev–Trinajstić information content (AvgIpc) is 2.75. The Morgan fingerprint density at radius 3 is 2.71 bits per heavy atom. The Bertz CT molecular complexity index is 390.